The summed E-state index contributed by atoms with van der Waals surface area (Å²) in [4.78, 5) is 14.6. The number of carbonyl (C=O) groups is 1. The summed E-state index contributed by atoms with van der Waals surface area (Å²) in [5.74, 6) is 1.98. The highest BCUT2D eigenvalue weighted by molar-refractivity contribution is 8.00. The van der Waals surface area contributed by atoms with Gasteiger partial charge in [0.15, 0.2) is 11.0 Å². The van der Waals surface area contributed by atoms with E-state index in [1.54, 1.807) is 63.7 Å². The van der Waals surface area contributed by atoms with Gasteiger partial charge in [-0.15, -0.1) is 22.0 Å². The molecule has 1 aromatic heterocycles. The van der Waals surface area contributed by atoms with Crippen molar-refractivity contribution in [2.75, 3.05) is 18.1 Å². The SMILES string of the molecule is Cn1c(COc2ccc(Cl)cc2)nnc1SCC(=O)N1CCS[C@@H]1c1ccccc1F. The van der Waals surface area contributed by atoms with E-state index in [2.05, 4.69) is 10.2 Å². The number of nitrogens with zero attached hydrogens (tertiary/aromatic N) is 4. The Kier molecular flexibility index (Phi) is 7.04. The van der Waals surface area contributed by atoms with Crippen LogP contribution in [0, 0.1) is 5.82 Å². The van der Waals surface area contributed by atoms with Crippen LogP contribution in [0.5, 0.6) is 5.75 Å². The van der Waals surface area contributed by atoms with Crippen LogP contribution in [-0.4, -0.2) is 43.6 Å². The van der Waals surface area contributed by atoms with E-state index in [1.165, 1.54) is 17.8 Å². The van der Waals surface area contributed by atoms with Crippen LogP contribution >= 0.6 is 35.1 Å². The number of amides is 1. The molecule has 10 heteroatoms. The lowest BCUT2D eigenvalue weighted by atomic mass is 10.2. The fourth-order valence-electron chi connectivity index (χ4n) is 3.14. The topological polar surface area (TPSA) is 60.2 Å². The van der Waals surface area contributed by atoms with Crippen molar-refractivity contribution in [3.8, 4) is 5.75 Å². The van der Waals surface area contributed by atoms with E-state index in [0.717, 1.165) is 5.75 Å². The third-order valence-corrected chi connectivity index (χ3v) is 7.31. The van der Waals surface area contributed by atoms with E-state index in [9.17, 15) is 9.18 Å². The molecule has 2 heterocycles. The van der Waals surface area contributed by atoms with Crippen molar-refractivity contribution < 1.29 is 13.9 Å². The molecular weight excluding hydrogens is 459 g/mol. The number of aromatic nitrogens is 3. The Hall–Kier alpha value is -2.23. The monoisotopic (exact) mass is 478 g/mol. The lowest BCUT2D eigenvalue weighted by Gasteiger charge is -2.24. The number of ether oxygens (including phenoxy) is 1. The van der Waals surface area contributed by atoms with Gasteiger partial charge in [-0.25, -0.2) is 4.39 Å². The summed E-state index contributed by atoms with van der Waals surface area (Å²) in [7, 11) is 1.83. The van der Waals surface area contributed by atoms with Crippen LogP contribution in [0.1, 0.15) is 16.8 Å². The standard InChI is InChI=1S/C21H20ClFN4O2S2/c1-26-18(12-29-15-8-6-14(22)7-9-15)24-25-21(26)31-13-19(28)27-10-11-30-20(27)16-4-2-3-5-17(16)23/h2-9,20H,10-13H2,1H3/t20-/m1/s1. The van der Waals surface area contributed by atoms with E-state index in [4.69, 9.17) is 16.3 Å². The summed E-state index contributed by atoms with van der Waals surface area (Å²) < 4.78 is 21.7. The second-order valence-electron chi connectivity index (χ2n) is 6.82. The number of carbonyl (C=O) groups excluding carboxylic acids is 1. The quantitative estimate of drug-likeness (QED) is 0.464. The summed E-state index contributed by atoms with van der Waals surface area (Å²) in [6.07, 6.45) is 0. The maximum Gasteiger partial charge on any atom is 0.234 e. The lowest BCUT2D eigenvalue weighted by Crippen LogP contribution is -2.32. The van der Waals surface area contributed by atoms with E-state index in [0.29, 0.717) is 33.9 Å². The summed E-state index contributed by atoms with van der Waals surface area (Å²) in [5, 5.41) is 9.30. The molecule has 0 spiro atoms. The van der Waals surface area contributed by atoms with Crippen LogP contribution in [-0.2, 0) is 18.4 Å². The van der Waals surface area contributed by atoms with Crippen LogP contribution in [0.3, 0.4) is 0 Å². The van der Waals surface area contributed by atoms with E-state index >= 15 is 0 Å². The van der Waals surface area contributed by atoms with Gasteiger partial charge in [-0.05, 0) is 30.3 Å². The van der Waals surface area contributed by atoms with Gasteiger partial charge in [-0.2, -0.15) is 0 Å². The van der Waals surface area contributed by atoms with Gasteiger partial charge < -0.3 is 14.2 Å². The van der Waals surface area contributed by atoms with Gasteiger partial charge in [0, 0.05) is 29.9 Å². The average Bonchev–Trinajstić information content (AvgIpc) is 3.39. The fraction of sp³-hybridized carbons (Fsp3) is 0.286. The molecule has 6 nitrogen and oxygen atoms in total. The van der Waals surface area contributed by atoms with Gasteiger partial charge >= 0.3 is 0 Å². The van der Waals surface area contributed by atoms with Gasteiger partial charge in [0.05, 0.1) is 5.75 Å². The predicted octanol–water partition coefficient (Wildman–Crippen LogP) is 4.55. The molecule has 0 aliphatic carbocycles. The van der Waals surface area contributed by atoms with Gasteiger partial charge in [0.1, 0.15) is 23.5 Å². The molecule has 4 rings (SSSR count). The number of hydrogen-bond donors (Lipinski definition) is 0. The highest BCUT2D eigenvalue weighted by Crippen LogP contribution is 2.39. The van der Waals surface area contributed by atoms with E-state index in [1.807, 2.05) is 7.05 Å². The number of thioether (sulfide) groups is 2. The van der Waals surface area contributed by atoms with Crippen molar-refractivity contribution in [3.05, 3.63) is 70.8 Å². The molecule has 1 atom stereocenters. The minimum Gasteiger partial charge on any atom is -0.486 e. The molecule has 0 unspecified atom stereocenters. The number of rotatable bonds is 7. The maximum atomic E-state index is 14.2. The number of hydrogen-bond acceptors (Lipinski definition) is 6. The minimum atomic E-state index is -0.294. The molecule has 0 radical (unpaired) electrons. The Labute approximate surface area is 193 Å². The van der Waals surface area contributed by atoms with Gasteiger partial charge in [0.25, 0.3) is 0 Å². The van der Waals surface area contributed by atoms with Gasteiger partial charge in [0.2, 0.25) is 5.91 Å². The molecule has 2 aromatic carbocycles. The fourth-order valence-corrected chi connectivity index (χ4v) is 5.38. The molecule has 1 amide bonds. The average molecular weight is 479 g/mol. The summed E-state index contributed by atoms with van der Waals surface area (Å²) in [5.41, 5.74) is 0.545. The Morgan fingerprint density at radius 1 is 1.26 bits per heavy atom. The van der Waals surface area contributed by atoms with E-state index in [-0.39, 0.29) is 29.5 Å². The van der Waals surface area contributed by atoms with Crippen LogP contribution < -0.4 is 4.74 Å². The summed E-state index contributed by atoms with van der Waals surface area (Å²) >= 11 is 8.77. The van der Waals surface area contributed by atoms with Crippen LogP contribution in [0.15, 0.2) is 53.7 Å². The van der Waals surface area contributed by atoms with Crippen LogP contribution in [0.2, 0.25) is 5.02 Å². The van der Waals surface area contributed by atoms with Crippen molar-refractivity contribution in [1.82, 2.24) is 19.7 Å². The molecular formula is C21H20ClFN4O2S2. The maximum absolute atomic E-state index is 14.2. The first kappa shape index (κ1) is 22.0. The second-order valence-corrected chi connectivity index (χ2v) is 9.39. The zero-order valence-electron chi connectivity index (χ0n) is 16.7. The van der Waals surface area contributed by atoms with Crippen molar-refractivity contribution in [2.24, 2.45) is 7.05 Å². The molecule has 162 valence electrons. The Morgan fingerprint density at radius 2 is 2.03 bits per heavy atom. The Morgan fingerprint density at radius 3 is 2.81 bits per heavy atom. The zero-order chi connectivity index (χ0) is 21.8. The van der Waals surface area contributed by atoms with Crippen LogP contribution in [0.4, 0.5) is 4.39 Å². The molecule has 0 N–H and O–H groups in total. The smallest absolute Gasteiger partial charge is 0.234 e. The normalized spacial score (nSPS) is 16.0. The Balaban J connectivity index is 1.35. The predicted molar refractivity (Wildman–Crippen MR) is 121 cm³/mol. The molecule has 31 heavy (non-hydrogen) atoms. The molecule has 1 aliphatic rings. The van der Waals surface area contributed by atoms with Crippen molar-refractivity contribution in [3.63, 3.8) is 0 Å². The Bertz CT molecular complexity index is 1060. The summed E-state index contributed by atoms with van der Waals surface area (Å²) in [6, 6.07) is 13.7. The van der Waals surface area contributed by atoms with Gasteiger partial charge in [-0.1, -0.05) is 41.6 Å². The molecule has 1 fully saturated rings. The second kappa shape index (κ2) is 9.93. The third kappa shape index (κ3) is 5.16. The first-order valence-electron chi connectivity index (χ1n) is 9.58. The molecule has 3 aromatic rings. The first-order valence-corrected chi connectivity index (χ1v) is 12.0. The summed E-state index contributed by atoms with van der Waals surface area (Å²) in [6.45, 7) is 0.847. The lowest BCUT2D eigenvalue weighted by molar-refractivity contribution is -0.128. The number of benzene rings is 2. The number of halogens is 2. The van der Waals surface area contributed by atoms with Gasteiger partial charge in [-0.3, -0.25) is 4.79 Å². The van der Waals surface area contributed by atoms with Crippen molar-refractivity contribution >= 4 is 41.0 Å². The first-order chi connectivity index (χ1) is 15.0. The van der Waals surface area contributed by atoms with E-state index < -0.39 is 0 Å². The highest BCUT2D eigenvalue weighted by Gasteiger charge is 2.32. The molecule has 0 bridgehead atoms. The third-order valence-electron chi connectivity index (χ3n) is 4.81. The molecule has 1 aliphatic heterocycles. The van der Waals surface area contributed by atoms with Crippen molar-refractivity contribution in [2.45, 2.75) is 17.1 Å². The highest BCUT2D eigenvalue weighted by atomic mass is 35.5. The van der Waals surface area contributed by atoms with Crippen molar-refractivity contribution in [1.29, 1.82) is 0 Å². The minimum absolute atomic E-state index is 0.0507. The zero-order valence-corrected chi connectivity index (χ0v) is 19.1. The molecule has 0 saturated carbocycles. The van der Waals surface area contributed by atoms with Crippen LogP contribution in [0.25, 0.3) is 0 Å². The molecule has 1 saturated heterocycles. The largest absolute Gasteiger partial charge is 0.486 e.